The van der Waals surface area contributed by atoms with Gasteiger partial charge in [-0.05, 0) is 495 Å². The predicted octanol–water partition coefficient (Wildman–Crippen LogP) is 44.6. The molecule has 796 valence electrons. The van der Waals surface area contributed by atoms with Crippen LogP contribution in [0, 0.1) is 251 Å². The lowest BCUT2D eigenvalue weighted by atomic mass is 9.36. The van der Waals surface area contributed by atoms with Crippen LogP contribution in [0.25, 0.3) is 0 Å². The van der Waals surface area contributed by atoms with E-state index in [4.69, 9.17) is 0 Å². The normalized spacial score (nSPS) is 48.8. The van der Waals surface area contributed by atoms with E-state index in [1.54, 1.807) is 25.7 Å². The molecule has 0 aromatic rings. The SMILES string of the molecule is C.C.C.CC(C)C12CC3(C)CC1CC(C)(C3)C2.CC(C)C12CC3CC(C)(CC(C)(C3)C1)C2.CC(C)C1CCCCCCC1.CC(C)CC[C@@H]1CC[C@H]2C[C@@H]1C2(C)C.CC1CC2(C)CC(C(C)C)CC(C)(C1)C2.CC1CC2(C)CC(C(C)C)CC(C)(C1)C2.CC1CC2(C)CC(C)CC(C(C)C)(C1)C2.CC1CC2(C)CC(C)CC(C)(C1)C2(C)C(C)C.CC1CC2(C)CC(C)CC(C)(C1)C2C(C)C. The molecule has 13 atom stereocenters. The van der Waals surface area contributed by atoms with Gasteiger partial charge in [0.2, 0.25) is 0 Å². The van der Waals surface area contributed by atoms with Crippen molar-refractivity contribution in [3.63, 3.8) is 0 Å². The summed E-state index contributed by atoms with van der Waals surface area (Å²) in [5.74, 6) is 24.8. The molecule has 0 nitrogen and oxygen atoms in total. The smallest absolute Gasteiger partial charge is 0.0195 e. The van der Waals surface area contributed by atoms with Crippen molar-refractivity contribution in [2.24, 2.45) is 251 Å². The van der Waals surface area contributed by atoms with E-state index in [9.17, 15) is 0 Å². The van der Waals surface area contributed by atoms with Crippen molar-refractivity contribution in [3.8, 4) is 0 Å². The monoisotopic (exact) mass is 1880 g/mol. The zero-order valence-electron chi connectivity index (χ0n) is 98.5. The Labute approximate surface area is 854 Å². The van der Waals surface area contributed by atoms with Gasteiger partial charge in [-0.3, -0.25) is 0 Å². The quantitative estimate of drug-likeness (QED) is 0.193. The molecule has 22 aliphatic rings. The molecule has 0 spiro atoms. The lowest BCUT2D eigenvalue weighted by molar-refractivity contribution is -0.195. The first-order chi connectivity index (χ1) is 60.5. The van der Waals surface area contributed by atoms with Gasteiger partial charge in [-0.2, -0.15) is 0 Å². The van der Waals surface area contributed by atoms with E-state index in [-0.39, 0.29) is 22.3 Å². The van der Waals surface area contributed by atoms with Gasteiger partial charge in [-0.1, -0.05) is 364 Å². The molecule has 22 fully saturated rings. The Balaban J connectivity index is 0.000000186. The van der Waals surface area contributed by atoms with Gasteiger partial charge < -0.3 is 0 Å². The summed E-state index contributed by atoms with van der Waals surface area (Å²) in [6, 6.07) is 0. The summed E-state index contributed by atoms with van der Waals surface area (Å²) in [7, 11) is 0. The van der Waals surface area contributed by atoms with Crippen molar-refractivity contribution in [1.29, 1.82) is 0 Å². The lowest BCUT2D eigenvalue weighted by Crippen LogP contribution is -2.61. The average Bonchev–Trinajstić information content (AvgIpc) is 1.56. The highest BCUT2D eigenvalue weighted by atomic mass is 14.7. The highest BCUT2D eigenvalue weighted by Gasteiger charge is 2.69. The summed E-state index contributed by atoms with van der Waals surface area (Å²) in [5.41, 5.74) is 11.9. The standard InChI is InChI=1S/C17H32.C16H30.C15H26.3C15H28.C14H24.C14H26.C11H22.3CH4/c1-12(2)17(7)15(5)8-13(3)9-16(17,6)11-14(4)10-15;1-11(2)14-15(5)7-12(3)8-16(14,6)10-13(4)9-15;1-11(2)15-7-12-5-13(3,9-15)8-14(4,6-12)10-15;1-11(2)15-8-12(3)6-14(5,10-15)7-13(4)9-15;2*1-11(2)13-8-14(4)6-12(3)7-15(5,9-13)10-14;1-10(2)14-8-12(3)5-11(14)6-13(4,7-12)9-14;1-10(2)5-6-11-7-8-12-9-13(11)14(12,3)4;1-10(2)11-8-6-4-3-5-7-9-11;;;/h12-14H,8-11H2,1-7H3;11-14H,7-10H2,1-6H3;11-12H,5-10H2,1-4H3;3*11-13H,6-10H2,1-5H3;10-11H,5-9H2,1-4H3;10-13H,5-9H2,1-4H3;10-11H,3-9H2,1-2H3;3*1H4/t;;;;;;;11-,12+,13+;;;;/m.......1..../s1. The van der Waals surface area contributed by atoms with Crippen molar-refractivity contribution in [3.05, 3.63) is 0 Å². The molecule has 0 heterocycles. The van der Waals surface area contributed by atoms with Crippen LogP contribution in [-0.4, -0.2) is 0 Å². The van der Waals surface area contributed by atoms with E-state index in [1.807, 2.05) is 0 Å². The van der Waals surface area contributed by atoms with E-state index in [0.29, 0.717) is 75.8 Å². The molecule has 20 bridgehead atoms. The van der Waals surface area contributed by atoms with Crippen LogP contribution in [0.4, 0.5) is 0 Å². The molecule has 0 N–H and O–H groups in total. The largest absolute Gasteiger partial charge is 0.0776 e. The maximum absolute atomic E-state index is 2.61. The van der Waals surface area contributed by atoms with Gasteiger partial charge in [0.25, 0.3) is 0 Å². The number of rotatable bonds is 11. The predicted molar refractivity (Wildman–Crippen MR) is 605 cm³/mol. The summed E-state index contributed by atoms with van der Waals surface area (Å²) in [4.78, 5) is 0. The van der Waals surface area contributed by atoms with Gasteiger partial charge in [0.05, 0.1) is 0 Å². The third-order valence-electron chi connectivity index (χ3n) is 47.4. The van der Waals surface area contributed by atoms with Gasteiger partial charge in [0.1, 0.15) is 0 Å². The van der Waals surface area contributed by atoms with Crippen LogP contribution in [0.2, 0.25) is 0 Å². The van der Waals surface area contributed by atoms with E-state index in [0.717, 1.165) is 176 Å². The average molecular weight is 1880 g/mol. The molecule has 10 unspecified atom stereocenters. The molecular weight excluding hydrogens is 1620 g/mol. The Morgan fingerprint density at radius 2 is 0.570 bits per heavy atom. The summed E-state index contributed by atoms with van der Waals surface area (Å²) in [6.45, 7) is 105. The second kappa shape index (κ2) is 44.0. The van der Waals surface area contributed by atoms with Crippen LogP contribution < -0.4 is 0 Å². The maximum Gasteiger partial charge on any atom is -0.0195 e. The van der Waals surface area contributed by atoms with E-state index < -0.39 is 0 Å². The Morgan fingerprint density at radius 1 is 0.252 bits per heavy atom. The topological polar surface area (TPSA) is 0 Å². The molecule has 22 saturated carbocycles. The van der Waals surface area contributed by atoms with Crippen molar-refractivity contribution >= 4 is 0 Å². The van der Waals surface area contributed by atoms with Gasteiger partial charge >= 0.3 is 0 Å². The molecule has 0 aromatic heterocycles. The molecule has 0 radical (unpaired) electrons. The molecule has 0 saturated heterocycles. The van der Waals surface area contributed by atoms with Gasteiger partial charge in [0.15, 0.2) is 0 Å². The fourth-order valence-corrected chi connectivity index (χ4v) is 46.2. The molecule has 0 aliphatic heterocycles. The van der Waals surface area contributed by atoms with Crippen molar-refractivity contribution in [2.75, 3.05) is 0 Å². The molecule has 0 heteroatoms. The first kappa shape index (κ1) is 120. The zero-order chi connectivity index (χ0) is 98.5. The Bertz CT molecular complexity index is 3330. The number of hydrogen-bond donors (Lipinski definition) is 0. The minimum atomic E-state index is 0. The highest BCUT2D eigenvalue weighted by Crippen LogP contribution is 2.78. The third kappa shape index (κ3) is 26.8. The minimum Gasteiger partial charge on any atom is -0.0776 e. The summed E-state index contributed by atoms with van der Waals surface area (Å²) >= 11 is 0. The fraction of sp³-hybridized carbons (Fsp3) is 1.00. The second-order valence-electron chi connectivity index (χ2n) is 66.4. The fourth-order valence-electron chi connectivity index (χ4n) is 46.2. The van der Waals surface area contributed by atoms with Gasteiger partial charge in [0, 0.05) is 0 Å². The van der Waals surface area contributed by atoms with Crippen LogP contribution in [0.1, 0.15) is 608 Å². The van der Waals surface area contributed by atoms with Crippen LogP contribution in [0.3, 0.4) is 0 Å². The van der Waals surface area contributed by atoms with Crippen LogP contribution in [0.5, 0.6) is 0 Å². The first-order valence-corrected chi connectivity index (χ1v) is 60.5. The minimum absolute atomic E-state index is 0. The maximum atomic E-state index is 2.61. The summed E-state index contributed by atoms with van der Waals surface area (Å²) in [5, 5.41) is 0. The van der Waals surface area contributed by atoms with E-state index in [1.165, 1.54) is 270 Å². The molecule has 22 aliphatic carbocycles. The first-order valence-electron chi connectivity index (χ1n) is 60.5. The zero-order valence-corrected chi connectivity index (χ0v) is 98.5. The lowest BCUT2D eigenvalue weighted by Gasteiger charge is -2.68. The Hall–Kier alpha value is 0. The third-order valence-corrected chi connectivity index (χ3v) is 47.4. The van der Waals surface area contributed by atoms with Crippen LogP contribution >= 0.6 is 0 Å². The molecule has 0 aromatic carbocycles. The summed E-state index contributed by atoms with van der Waals surface area (Å²) in [6.07, 6.45) is 68.8. The van der Waals surface area contributed by atoms with Gasteiger partial charge in [-0.15, -0.1) is 0 Å². The van der Waals surface area contributed by atoms with E-state index in [2.05, 4.69) is 291 Å². The molecule has 0 amide bonds. The van der Waals surface area contributed by atoms with E-state index >= 15 is 0 Å². The number of hydrogen-bond acceptors (Lipinski definition) is 0. The summed E-state index contributed by atoms with van der Waals surface area (Å²) < 4.78 is 0. The Kier molecular flexibility index (Phi) is 39.2. The Morgan fingerprint density at radius 3 is 0.874 bits per heavy atom. The van der Waals surface area contributed by atoms with Crippen molar-refractivity contribution in [2.45, 2.75) is 608 Å². The molecular formula is C135H256. The van der Waals surface area contributed by atoms with Crippen LogP contribution in [0.15, 0.2) is 0 Å². The second-order valence-corrected chi connectivity index (χ2v) is 66.4. The number of fused-ring (bicyclic) bond motifs is 12. The van der Waals surface area contributed by atoms with Crippen LogP contribution in [-0.2, 0) is 0 Å². The van der Waals surface area contributed by atoms with Crippen molar-refractivity contribution in [1.82, 2.24) is 0 Å². The highest BCUT2D eigenvalue weighted by molar-refractivity contribution is 5.18. The van der Waals surface area contributed by atoms with Gasteiger partial charge in [-0.25, -0.2) is 0 Å². The molecule has 22 rings (SSSR count). The molecule has 135 heavy (non-hydrogen) atoms. The van der Waals surface area contributed by atoms with Crippen molar-refractivity contribution < 1.29 is 0 Å².